The summed E-state index contributed by atoms with van der Waals surface area (Å²) in [5.74, 6) is 0.101. The molecule has 1 heterocycles. The number of halogens is 1. The van der Waals surface area contributed by atoms with Crippen molar-refractivity contribution < 1.29 is 28.5 Å². The molecular formula is C26H33ClO6. The van der Waals surface area contributed by atoms with E-state index in [4.69, 9.17) is 30.5 Å². The van der Waals surface area contributed by atoms with E-state index in [9.17, 15) is 9.59 Å². The van der Waals surface area contributed by atoms with Gasteiger partial charge in [0.2, 0.25) is 0 Å². The summed E-state index contributed by atoms with van der Waals surface area (Å²) in [7, 11) is 0. The van der Waals surface area contributed by atoms with E-state index in [0.29, 0.717) is 36.5 Å². The highest BCUT2D eigenvalue weighted by atomic mass is 35.5. The number of allylic oxidation sites excluding steroid dienone is 3. The smallest absolute Gasteiger partial charge is 0.302 e. The van der Waals surface area contributed by atoms with Crippen LogP contribution in [0.1, 0.15) is 46.1 Å². The average Bonchev–Trinajstić information content (AvgIpc) is 2.76. The second-order valence-corrected chi connectivity index (χ2v) is 8.45. The lowest BCUT2D eigenvalue weighted by molar-refractivity contribution is -0.165. The Balaban J connectivity index is 2.02. The molecule has 1 saturated heterocycles. The van der Waals surface area contributed by atoms with Crippen LogP contribution in [-0.4, -0.2) is 43.5 Å². The van der Waals surface area contributed by atoms with E-state index in [1.165, 1.54) is 13.8 Å². The lowest BCUT2D eigenvalue weighted by Crippen LogP contribution is -2.40. The van der Waals surface area contributed by atoms with Crippen LogP contribution in [0.4, 0.5) is 0 Å². The monoisotopic (exact) mass is 476 g/mol. The van der Waals surface area contributed by atoms with Crippen LogP contribution in [0.2, 0.25) is 0 Å². The predicted octanol–water partition coefficient (Wildman–Crippen LogP) is 5.30. The van der Waals surface area contributed by atoms with Crippen molar-refractivity contribution in [1.82, 2.24) is 0 Å². The summed E-state index contributed by atoms with van der Waals surface area (Å²) in [4.78, 5) is 22.6. The Labute approximate surface area is 201 Å². The summed E-state index contributed by atoms with van der Waals surface area (Å²) in [6, 6.07) is 7.94. The highest BCUT2D eigenvalue weighted by Gasteiger charge is 2.32. The minimum absolute atomic E-state index is 0.0996. The maximum absolute atomic E-state index is 11.4. The minimum atomic E-state index is -0.386. The number of carbonyl (C=O) groups is 2. The van der Waals surface area contributed by atoms with Crippen LogP contribution >= 0.6 is 11.6 Å². The zero-order chi connectivity index (χ0) is 24.4. The van der Waals surface area contributed by atoms with Crippen LogP contribution in [0.3, 0.4) is 0 Å². The molecule has 1 aliphatic rings. The van der Waals surface area contributed by atoms with Gasteiger partial charge in [-0.05, 0) is 49.6 Å². The van der Waals surface area contributed by atoms with E-state index in [2.05, 4.69) is 6.58 Å². The average molecular weight is 477 g/mol. The van der Waals surface area contributed by atoms with Crippen LogP contribution < -0.4 is 4.74 Å². The molecule has 1 aliphatic heterocycles. The molecule has 3 atom stereocenters. The standard InChI is InChI=1S/C26H33ClO6/c1-6-30-22-10-8-21(9-11-22)13-18(3)25(27)12-7-17(2)26-15-23(32-20(5)29)14-24(33-26)16-31-19(4)28/h7-12,23-24,26H,2,6,13-16H2,1,3-5H3/b12-7-,25-18-/t23-,24-,26+/m0/s1. The van der Waals surface area contributed by atoms with Crippen LogP contribution in [-0.2, 0) is 30.2 Å². The molecule has 2 rings (SSSR count). The van der Waals surface area contributed by atoms with Crippen LogP contribution in [0.5, 0.6) is 5.75 Å². The first kappa shape index (κ1) is 26.7. The Morgan fingerprint density at radius 3 is 2.42 bits per heavy atom. The van der Waals surface area contributed by atoms with Crippen molar-refractivity contribution in [2.75, 3.05) is 13.2 Å². The highest BCUT2D eigenvalue weighted by Crippen LogP contribution is 2.28. The van der Waals surface area contributed by atoms with Crippen molar-refractivity contribution in [2.45, 2.75) is 65.3 Å². The summed E-state index contributed by atoms with van der Waals surface area (Å²) in [5, 5.41) is 0.619. The van der Waals surface area contributed by atoms with E-state index in [0.717, 1.165) is 16.9 Å². The first-order valence-corrected chi connectivity index (χ1v) is 11.5. The first-order valence-electron chi connectivity index (χ1n) is 11.1. The molecule has 0 N–H and O–H groups in total. The van der Waals surface area contributed by atoms with E-state index in [1.54, 1.807) is 6.08 Å². The highest BCUT2D eigenvalue weighted by molar-refractivity contribution is 6.31. The minimum Gasteiger partial charge on any atom is -0.494 e. The molecule has 180 valence electrons. The van der Waals surface area contributed by atoms with Crippen molar-refractivity contribution in [3.05, 3.63) is 64.7 Å². The fourth-order valence-electron chi connectivity index (χ4n) is 3.55. The van der Waals surface area contributed by atoms with Crippen molar-refractivity contribution in [3.63, 3.8) is 0 Å². The van der Waals surface area contributed by atoms with E-state index in [-0.39, 0.29) is 36.9 Å². The molecule has 33 heavy (non-hydrogen) atoms. The lowest BCUT2D eigenvalue weighted by Gasteiger charge is -2.35. The third-order valence-electron chi connectivity index (χ3n) is 5.13. The number of ether oxygens (including phenoxy) is 4. The molecule has 7 heteroatoms. The van der Waals surface area contributed by atoms with Crippen LogP contribution in [0, 0.1) is 0 Å². The van der Waals surface area contributed by atoms with Gasteiger partial charge in [-0.3, -0.25) is 9.59 Å². The molecule has 1 aromatic rings. The van der Waals surface area contributed by atoms with Gasteiger partial charge in [-0.1, -0.05) is 42.0 Å². The SMILES string of the molecule is C=C(/C=C\C(Cl)=C(/C)Cc1ccc(OCC)cc1)[C@H]1C[C@@H](OC(C)=O)C[C@@H](COC(C)=O)O1. The summed E-state index contributed by atoms with van der Waals surface area (Å²) in [6.45, 7) is 11.5. The quantitative estimate of drug-likeness (QED) is 0.337. The van der Waals surface area contributed by atoms with E-state index < -0.39 is 0 Å². The molecule has 0 spiro atoms. The molecule has 0 saturated carbocycles. The van der Waals surface area contributed by atoms with Crippen molar-refractivity contribution >= 4 is 23.5 Å². The molecule has 0 radical (unpaired) electrons. The largest absolute Gasteiger partial charge is 0.494 e. The second-order valence-electron chi connectivity index (χ2n) is 8.04. The molecule has 0 unspecified atom stereocenters. The first-order chi connectivity index (χ1) is 15.7. The Morgan fingerprint density at radius 1 is 1.12 bits per heavy atom. The number of benzene rings is 1. The third kappa shape index (κ3) is 9.44. The van der Waals surface area contributed by atoms with Gasteiger partial charge >= 0.3 is 11.9 Å². The number of carbonyl (C=O) groups excluding carboxylic acids is 2. The van der Waals surface area contributed by atoms with Crippen molar-refractivity contribution in [2.24, 2.45) is 0 Å². The molecular weight excluding hydrogens is 444 g/mol. The van der Waals surface area contributed by atoms with Gasteiger partial charge < -0.3 is 18.9 Å². The van der Waals surface area contributed by atoms with Gasteiger partial charge in [-0.25, -0.2) is 0 Å². The Kier molecular flexibility index (Phi) is 10.7. The van der Waals surface area contributed by atoms with Crippen LogP contribution in [0.15, 0.2) is 59.2 Å². The molecule has 6 nitrogen and oxygen atoms in total. The second kappa shape index (κ2) is 13.2. The molecule has 1 fully saturated rings. The van der Waals surface area contributed by atoms with Gasteiger partial charge in [0, 0.05) is 31.7 Å². The summed E-state index contributed by atoms with van der Waals surface area (Å²) < 4.78 is 22.0. The van der Waals surface area contributed by atoms with Gasteiger partial charge in [0.15, 0.2) is 0 Å². The van der Waals surface area contributed by atoms with E-state index >= 15 is 0 Å². The summed E-state index contributed by atoms with van der Waals surface area (Å²) in [5.41, 5.74) is 2.85. The predicted molar refractivity (Wildman–Crippen MR) is 128 cm³/mol. The number of hydrogen-bond acceptors (Lipinski definition) is 6. The fraction of sp³-hybridized carbons (Fsp3) is 0.462. The summed E-state index contributed by atoms with van der Waals surface area (Å²) >= 11 is 6.52. The number of rotatable bonds is 10. The maximum atomic E-state index is 11.4. The normalized spacial score (nSPS) is 21.3. The zero-order valence-corrected chi connectivity index (χ0v) is 20.5. The topological polar surface area (TPSA) is 71.1 Å². The zero-order valence-electron chi connectivity index (χ0n) is 19.8. The fourth-order valence-corrected chi connectivity index (χ4v) is 3.68. The number of esters is 2. The Hall–Kier alpha value is -2.57. The Bertz CT molecular complexity index is 887. The van der Waals surface area contributed by atoms with Crippen LogP contribution in [0.25, 0.3) is 0 Å². The van der Waals surface area contributed by atoms with Gasteiger partial charge in [0.05, 0.1) is 18.8 Å². The van der Waals surface area contributed by atoms with Gasteiger partial charge in [0.1, 0.15) is 18.5 Å². The van der Waals surface area contributed by atoms with Crippen molar-refractivity contribution in [3.8, 4) is 5.75 Å². The third-order valence-corrected chi connectivity index (χ3v) is 5.58. The number of hydrogen-bond donors (Lipinski definition) is 0. The van der Waals surface area contributed by atoms with E-state index in [1.807, 2.05) is 44.2 Å². The van der Waals surface area contributed by atoms with Crippen molar-refractivity contribution in [1.29, 1.82) is 0 Å². The molecule has 0 aliphatic carbocycles. The van der Waals surface area contributed by atoms with Gasteiger partial charge in [-0.2, -0.15) is 0 Å². The van der Waals surface area contributed by atoms with Gasteiger partial charge in [-0.15, -0.1) is 0 Å². The lowest BCUT2D eigenvalue weighted by atomic mass is 9.96. The molecule has 0 bridgehead atoms. The molecule has 0 aromatic heterocycles. The van der Waals surface area contributed by atoms with Gasteiger partial charge in [0.25, 0.3) is 0 Å². The Morgan fingerprint density at radius 2 is 1.82 bits per heavy atom. The summed E-state index contributed by atoms with van der Waals surface area (Å²) in [6.07, 6.45) is 4.17. The molecule has 1 aromatic carbocycles. The maximum Gasteiger partial charge on any atom is 0.302 e. The molecule has 0 amide bonds.